The summed E-state index contributed by atoms with van der Waals surface area (Å²) >= 11 is 0. The highest BCUT2D eigenvalue weighted by Crippen LogP contribution is 2.21. The van der Waals surface area contributed by atoms with Gasteiger partial charge in [0.2, 0.25) is 5.91 Å². The maximum absolute atomic E-state index is 12.5. The number of hydrogen-bond acceptors (Lipinski definition) is 4. The Balaban J connectivity index is 0.00000288. The number of hydrogen-bond donors (Lipinski definition) is 1. The van der Waals surface area contributed by atoms with E-state index in [-0.39, 0.29) is 36.8 Å². The van der Waals surface area contributed by atoms with Crippen molar-refractivity contribution in [2.45, 2.75) is 51.8 Å². The van der Waals surface area contributed by atoms with Crippen LogP contribution in [0.3, 0.4) is 0 Å². The number of ether oxygens (including phenoxy) is 1. The summed E-state index contributed by atoms with van der Waals surface area (Å²) < 4.78 is 5.39. The summed E-state index contributed by atoms with van der Waals surface area (Å²) in [5.74, 6) is -0.376. The van der Waals surface area contributed by atoms with Gasteiger partial charge in [-0.3, -0.25) is 4.79 Å². The highest BCUT2D eigenvalue weighted by Gasteiger charge is 2.38. The van der Waals surface area contributed by atoms with E-state index in [1.165, 1.54) is 0 Å². The van der Waals surface area contributed by atoms with Crippen molar-refractivity contribution in [3.8, 4) is 0 Å². The van der Waals surface area contributed by atoms with Crippen LogP contribution in [-0.4, -0.2) is 35.4 Å². The fourth-order valence-electron chi connectivity index (χ4n) is 2.79. The Labute approximate surface area is 149 Å². The third-order valence-electron chi connectivity index (χ3n) is 4.57. The van der Waals surface area contributed by atoms with E-state index in [1.54, 1.807) is 4.90 Å². The molecule has 1 aliphatic rings. The maximum atomic E-state index is 12.5. The van der Waals surface area contributed by atoms with Crippen LogP contribution in [0.1, 0.15) is 38.7 Å². The zero-order valence-electron chi connectivity index (χ0n) is 14.3. The largest absolute Gasteiger partial charge is 0.459 e. The van der Waals surface area contributed by atoms with E-state index in [9.17, 15) is 9.59 Å². The number of carbonyl (C=O) groups excluding carboxylic acids is 2. The van der Waals surface area contributed by atoms with Crippen LogP contribution in [0.5, 0.6) is 0 Å². The molecule has 6 heteroatoms. The quantitative estimate of drug-likeness (QED) is 0.797. The van der Waals surface area contributed by atoms with E-state index in [2.05, 4.69) is 0 Å². The molecule has 1 aromatic carbocycles. The van der Waals surface area contributed by atoms with Gasteiger partial charge in [0.25, 0.3) is 0 Å². The summed E-state index contributed by atoms with van der Waals surface area (Å²) in [6, 6.07) is 8.48. The molecule has 2 N–H and O–H groups in total. The lowest BCUT2D eigenvalue weighted by molar-refractivity contribution is -0.155. The summed E-state index contributed by atoms with van der Waals surface area (Å²) in [5.41, 5.74) is 6.97. The fourth-order valence-corrected chi connectivity index (χ4v) is 2.79. The predicted molar refractivity (Wildman–Crippen MR) is 95.7 cm³/mol. The molecule has 0 saturated carbocycles. The van der Waals surface area contributed by atoms with Crippen LogP contribution < -0.4 is 5.73 Å². The first-order chi connectivity index (χ1) is 11.0. The van der Waals surface area contributed by atoms with Crippen molar-refractivity contribution in [2.24, 2.45) is 11.7 Å². The number of rotatable bonds is 6. The third kappa shape index (κ3) is 4.95. The summed E-state index contributed by atoms with van der Waals surface area (Å²) in [5, 5.41) is 0. The first-order valence-electron chi connectivity index (χ1n) is 8.31. The fraction of sp³-hybridized carbons (Fsp3) is 0.556. The molecular weight excluding hydrogens is 328 g/mol. The SMILES string of the molecule is CC[C@H](C)[C@H](N)C(=O)N1CCC[C@H]1C(=O)OCc1ccccc1.Cl. The molecule has 0 aromatic heterocycles. The van der Waals surface area contributed by atoms with E-state index in [4.69, 9.17) is 10.5 Å². The van der Waals surface area contributed by atoms with Crippen LogP contribution in [0, 0.1) is 5.92 Å². The zero-order valence-corrected chi connectivity index (χ0v) is 15.1. The molecular formula is C18H27ClN2O3. The molecule has 5 nitrogen and oxygen atoms in total. The molecule has 2 rings (SSSR count). The molecule has 0 spiro atoms. The normalized spacial score (nSPS) is 19.3. The molecule has 0 aliphatic carbocycles. The summed E-state index contributed by atoms with van der Waals surface area (Å²) in [7, 11) is 0. The molecule has 1 heterocycles. The number of benzene rings is 1. The van der Waals surface area contributed by atoms with Gasteiger partial charge in [-0.15, -0.1) is 12.4 Å². The lowest BCUT2D eigenvalue weighted by Gasteiger charge is -2.28. The second-order valence-corrected chi connectivity index (χ2v) is 6.19. The maximum Gasteiger partial charge on any atom is 0.329 e. The van der Waals surface area contributed by atoms with Gasteiger partial charge in [0.1, 0.15) is 12.6 Å². The van der Waals surface area contributed by atoms with Crippen molar-refractivity contribution in [1.29, 1.82) is 0 Å². The van der Waals surface area contributed by atoms with Crippen LogP contribution in [-0.2, 0) is 20.9 Å². The Bertz CT molecular complexity index is 538. The van der Waals surface area contributed by atoms with Crippen LogP contribution in [0.2, 0.25) is 0 Å². The minimum atomic E-state index is -0.553. The topological polar surface area (TPSA) is 72.6 Å². The van der Waals surface area contributed by atoms with Crippen LogP contribution in [0.4, 0.5) is 0 Å². The van der Waals surface area contributed by atoms with E-state index in [0.29, 0.717) is 13.0 Å². The van der Waals surface area contributed by atoms with Gasteiger partial charge in [-0.25, -0.2) is 4.79 Å². The second kappa shape index (κ2) is 9.64. The number of likely N-dealkylation sites (tertiary alicyclic amines) is 1. The Hall–Kier alpha value is -1.59. The lowest BCUT2D eigenvalue weighted by atomic mass is 9.98. The van der Waals surface area contributed by atoms with Crippen LogP contribution in [0.15, 0.2) is 30.3 Å². The number of nitrogens with zero attached hydrogens (tertiary/aromatic N) is 1. The van der Waals surface area contributed by atoms with Gasteiger partial charge in [-0.05, 0) is 24.3 Å². The van der Waals surface area contributed by atoms with E-state index in [0.717, 1.165) is 18.4 Å². The minimum Gasteiger partial charge on any atom is -0.459 e. The number of nitrogens with two attached hydrogens (primary N) is 1. The van der Waals surface area contributed by atoms with Gasteiger partial charge in [-0.2, -0.15) is 0 Å². The first kappa shape index (κ1) is 20.5. The van der Waals surface area contributed by atoms with Gasteiger partial charge >= 0.3 is 5.97 Å². The van der Waals surface area contributed by atoms with Gasteiger partial charge in [0, 0.05) is 6.54 Å². The average Bonchev–Trinajstić information content (AvgIpc) is 3.08. The molecule has 1 saturated heterocycles. The van der Waals surface area contributed by atoms with Crippen LogP contribution >= 0.6 is 12.4 Å². The molecule has 1 amide bonds. The van der Waals surface area contributed by atoms with Crippen LogP contribution in [0.25, 0.3) is 0 Å². The van der Waals surface area contributed by atoms with Crippen molar-refractivity contribution < 1.29 is 14.3 Å². The Morgan fingerprint density at radius 2 is 2.00 bits per heavy atom. The zero-order chi connectivity index (χ0) is 16.8. The van der Waals surface area contributed by atoms with E-state index >= 15 is 0 Å². The molecule has 134 valence electrons. The number of halogens is 1. The minimum absolute atomic E-state index is 0. The third-order valence-corrected chi connectivity index (χ3v) is 4.57. The molecule has 1 aromatic rings. The van der Waals surface area contributed by atoms with E-state index in [1.807, 2.05) is 44.2 Å². The number of esters is 1. The molecule has 1 fully saturated rings. The standard InChI is InChI=1S/C18H26N2O3.ClH/c1-3-13(2)16(19)17(21)20-11-7-10-15(20)18(22)23-12-14-8-5-4-6-9-14;/h4-6,8-9,13,15-16H,3,7,10-12,19H2,1-2H3;1H/t13-,15-,16-;/m0./s1. The van der Waals surface area contributed by atoms with Gasteiger partial charge in [0.15, 0.2) is 0 Å². The van der Waals surface area contributed by atoms with Crippen molar-refractivity contribution in [3.05, 3.63) is 35.9 Å². The Morgan fingerprint density at radius 3 is 2.62 bits per heavy atom. The van der Waals surface area contributed by atoms with Gasteiger partial charge in [0.05, 0.1) is 6.04 Å². The van der Waals surface area contributed by atoms with Crippen molar-refractivity contribution in [2.75, 3.05) is 6.54 Å². The molecule has 1 aliphatic heterocycles. The molecule has 0 unspecified atom stereocenters. The smallest absolute Gasteiger partial charge is 0.329 e. The summed E-state index contributed by atoms with van der Waals surface area (Å²) in [4.78, 5) is 26.5. The lowest BCUT2D eigenvalue weighted by Crippen LogP contribution is -2.51. The van der Waals surface area contributed by atoms with Gasteiger partial charge < -0.3 is 15.4 Å². The first-order valence-corrected chi connectivity index (χ1v) is 8.31. The van der Waals surface area contributed by atoms with Crippen molar-refractivity contribution >= 4 is 24.3 Å². The Kier molecular flexibility index (Phi) is 8.22. The molecule has 3 atom stereocenters. The molecule has 24 heavy (non-hydrogen) atoms. The monoisotopic (exact) mass is 354 g/mol. The van der Waals surface area contributed by atoms with Crippen molar-refractivity contribution in [1.82, 2.24) is 4.90 Å². The highest BCUT2D eigenvalue weighted by atomic mass is 35.5. The summed E-state index contributed by atoms with van der Waals surface area (Å²) in [6.45, 7) is 4.78. The number of amides is 1. The van der Waals surface area contributed by atoms with Gasteiger partial charge in [-0.1, -0.05) is 50.6 Å². The molecule has 0 radical (unpaired) electrons. The number of carbonyl (C=O) groups is 2. The van der Waals surface area contributed by atoms with Crippen molar-refractivity contribution in [3.63, 3.8) is 0 Å². The summed E-state index contributed by atoms with van der Waals surface area (Å²) in [6.07, 6.45) is 2.29. The molecule has 0 bridgehead atoms. The average molecular weight is 355 g/mol. The predicted octanol–water partition coefficient (Wildman–Crippen LogP) is 2.52. The second-order valence-electron chi connectivity index (χ2n) is 6.19. The Morgan fingerprint density at radius 1 is 1.33 bits per heavy atom. The van der Waals surface area contributed by atoms with E-state index < -0.39 is 12.1 Å². The highest BCUT2D eigenvalue weighted by molar-refractivity contribution is 5.88.